The minimum absolute atomic E-state index is 0.00349. The summed E-state index contributed by atoms with van der Waals surface area (Å²) in [6.45, 7) is -0.0808. The molecule has 0 unspecified atom stereocenters. The van der Waals surface area contributed by atoms with E-state index in [2.05, 4.69) is 16.7 Å². The Hall–Kier alpha value is -2.32. The molecule has 140 valence electrons. The molecule has 2 aromatic carbocycles. The summed E-state index contributed by atoms with van der Waals surface area (Å²) < 4.78 is 11.4. The zero-order valence-corrected chi connectivity index (χ0v) is 16.0. The molecule has 2 amide bonds. The van der Waals surface area contributed by atoms with Crippen molar-refractivity contribution in [3.63, 3.8) is 0 Å². The van der Waals surface area contributed by atoms with E-state index in [0.717, 1.165) is 22.8 Å². The fraction of sp³-hybridized carbons (Fsp3) is 0.263. The minimum Gasteiger partial charge on any atom is -0.483 e. The van der Waals surface area contributed by atoms with E-state index >= 15 is 0 Å². The Bertz CT molecular complexity index is 869. The van der Waals surface area contributed by atoms with Gasteiger partial charge >= 0.3 is 0 Å². The average molecular weight is 402 g/mol. The number of thioether (sulfide) groups is 2. The number of para-hydroxylation sites is 1. The van der Waals surface area contributed by atoms with Crippen molar-refractivity contribution in [1.82, 2.24) is 0 Å². The van der Waals surface area contributed by atoms with Crippen LogP contribution in [0.1, 0.15) is 10.1 Å². The molecule has 4 rings (SSSR count). The van der Waals surface area contributed by atoms with Crippen LogP contribution >= 0.6 is 23.5 Å². The van der Waals surface area contributed by atoms with Crippen molar-refractivity contribution in [3.05, 3.63) is 48.0 Å². The Balaban J connectivity index is 1.38. The molecule has 0 bridgehead atoms. The number of hydrogen-bond acceptors (Lipinski definition) is 6. The number of fused-ring (bicyclic) bond motifs is 1. The topological polar surface area (TPSA) is 76.7 Å². The highest BCUT2D eigenvalue weighted by molar-refractivity contribution is 8.19. The summed E-state index contributed by atoms with van der Waals surface area (Å²) in [5.41, 5.74) is 2.24. The van der Waals surface area contributed by atoms with Gasteiger partial charge in [0.1, 0.15) is 11.5 Å². The molecule has 0 aromatic heterocycles. The van der Waals surface area contributed by atoms with Crippen LogP contribution in [-0.2, 0) is 9.59 Å². The van der Waals surface area contributed by atoms with Crippen molar-refractivity contribution in [1.29, 1.82) is 0 Å². The fourth-order valence-corrected chi connectivity index (χ4v) is 5.75. The van der Waals surface area contributed by atoms with Gasteiger partial charge in [0.25, 0.3) is 11.8 Å². The number of benzene rings is 2. The van der Waals surface area contributed by atoms with Gasteiger partial charge in [0.15, 0.2) is 13.2 Å². The van der Waals surface area contributed by atoms with Gasteiger partial charge in [0.05, 0.1) is 10.3 Å². The summed E-state index contributed by atoms with van der Waals surface area (Å²) in [4.78, 5) is 23.7. The van der Waals surface area contributed by atoms with Crippen molar-refractivity contribution < 1.29 is 19.1 Å². The van der Waals surface area contributed by atoms with Crippen molar-refractivity contribution >= 4 is 46.7 Å². The summed E-state index contributed by atoms with van der Waals surface area (Å²) in [6, 6.07) is 13.0. The zero-order valence-electron chi connectivity index (χ0n) is 14.4. The molecule has 0 radical (unpaired) electrons. The van der Waals surface area contributed by atoms with Gasteiger partial charge in [-0.2, -0.15) is 0 Å². The van der Waals surface area contributed by atoms with Crippen LogP contribution < -0.4 is 20.1 Å². The maximum atomic E-state index is 12.3. The Morgan fingerprint density at radius 1 is 1.22 bits per heavy atom. The molecule has 0 atom stereocenters. The van der Waals surface area contributed by atoms with Crippen LogP contribution in [0.25, 0.3) is 0 Å². The van der Waals surface area contributed by atoms with E-state index < -0.39 is 0 Å². The van der Waals surface area contributed by atoms with E-state index in [1.807, 2.05) is 41.7 Å². The largest absolute Gasteiger partial charge is 0.483 e. The third-order valence-electron chi connectivity index (χ3n) is 4.05. The molecule has 0 saturated carbocycles. The Morgan fingerprint density at radius 3 is 2.89 bits per heavy atom. The number of carbonyl (C=O) groups excluding carboxylic acids is 2. The molecule has 0 aliphatic carbocycles. The summed E-state index contributed by atoms with van der Waals surface area (Å²) in [7, 11) is 0. The Labute approximate surface area is 165 Å². The second-order valence-electron chi connectivity index (χ2n) is 6.00. The molecule has 2 aliphatic heterocycles. The smallest absolute Gasteiger partial charge is 0.262 e. The van der Waals surface area contributed by atoms with E-state index in [1.54, 1.807) is 18.2 Å². The number of nitrogens with one attached hydrogen (secondary N) is 2. The van der Waals surface area contributed by atoms with Gasteiger partial charge in [-0.3, -0.25) is 9.59 Å². The van der Waals surface area contributed by atoms with E-state index in [1.165, 1.54) is 0 Å². The van der Waals surface area contributed by atoms with E-state index in [-0.39, 0.29) is 25.0 Å². The predicted octanol–water partition coefficient (Wildman–Crippen LogP) is 3.51. The summed E-state index contributed by atoms with van der Waals surface area (Å²) in [5, 5.41) is 5.50. The lowest BCUT2D eigenvalue weighted by atomic mass is 10.2. The predicted molar refractivity (Wildman–Crippen MR) is 109 cm³/mol. The van der Waals surface area contributed by atoms with Crippen LogP contribution in [-0.4, -0.2) is 36.5 Å². The van der Waals surface area contributed by atoms with E-state index in [4.69, 9.17) is 9.47 Å². The van der Waals surface area contributed by atoms with Gasteiger partial charge in [0.2, 0.25) is 0 Å². The maximum absolute atomic E-state index is 12.3. The minimum atomic E-state index is -0.264. The zero-order chi connectivity index (χ0) is 18.6. The molecule has 8 heteroatoms. The second kappa shape index (κ2) is 8.14. The first-order valence-corrected chi connectivity index (χ1v) is 10.6. The summed E-state index contributed by atoms with van der Waals surface area (Å²) in [5.74, 6) is 3.11. The Morgan fingerprint density at radius 2 is 2.04 bits per heavy atom. The molecule has 27 heavy (non-hydrogen) atoms. The van der Waals surface area contributed by atoms with Gasteiger partial charge in [-0.1, -0.05) is 18.2 Å². The van der Waals surface area contributed by atoms with Crippen LogP contribution in [0, 0.1) is 0 Å². The van der Waals surface area contributed by atoms with Gasteiger partial charge in [0, 0.05) is 22.8 Å². The lowest BCUT2D eigenvalue weighted by molar-refractivity contribution is -0.119. The van der Waals surface area contributed by atoms with E-state index in [0.29, 0.717) is 21.7 Å². The highest BCUT2D eigenvalue weighted by Gasteiger charge is 2.22. The first kappa shape index (κ1) is 18.1. The van der Waals surface area contributed by atoms with Crippen molar-refractivity contribution in [2.24, 2.45) is 0 Å². The molecule has 1 saturated heterocycles. The number of rotatable bonds is 5. The monoisotopic (exact) mass is 402 g/mol. The first-order chi connectivity index (χ1) is 13.2. The van der Waals surface area contributed by atoms with Gasteiger partial charge in [-0.15, -0.1) is 23.5 Å². The van der Waals surface area contributed by atoms with Gasteiger partial charge < -0.3 is 20.1 Å². The normalized spacial score (nSPS) is 16.2. The highest BCUT2D eigenvalue weighted by atomic mass is 32.2. The van der Waals surface area contributed by atoms with Crippen LogP contribution in [0.3, 0.4) is 0 Å². The SMILES string of the molecule is O=C(COc1ccccc1C1SCCS1)Nc1ccc2c(c1)NC(=O)CO2. The van der Waals surface area contributed by atoms with Crippen molar-refractivity contribution in [2.75, 3.05) is 35.4 Å². The Kier molecular flexibility index (Phi) is 5.45. The van der Waals surface area contributed by atoms with Crippen LogP contribution in [0.2, 0.25) is 0 Å². The molecular formula is C19H18N2O4S2. The van der Waals surface area contributed by atoms with Crippen molar-refractivity contribution in [2.45, 2.75) is 4.58 Å². The number of ether oxygens (including phenoxy) is 2. The van der Waals surface area contributed by atoms with Crippen molar-refractivity contribution in [3.8, 4) is 11.5 Å². The van der Waals surface area contributed by atoms with Crippen LogP contribution in [0.4, 0.5) is 11.4 Å². The number of amides is 2. The third-order valence-corrected chi connectivity index (χ3v) is 7.12. The fourth-order valence-electron chi connectivity index (χ4n) is 2.85. The van der Waals surface area contributed by atoms with Gasteiger partial charge in [-0.05, 0) is 24.3 Å². The third kappa shape index (κ3) is 4.33. The lowest BCUT2D eigenvalue weighted by Crippen LogP contribution is -2.25. The number of hydrogen-bond donors (Lipinski definition) is 2. The van der Waals surface area contributed by atoms with E-state index in [9.17, 15) is 9.59 Å². The molecular weight excluding hydrogens is 384 g/mol. The maximum Gasteiger partial charge on any atom is 0.262 e. The first-order valence-electron chi connectivity index (χ1n) is 8.50. The molecule has 2 N–H and O–H groups in total. The standard InChI is InChI=1S/C19H18N2O4S2/c22-17(20-12-5-6-16-14(9-12)21-18(23)11-25-16)10-24-15-4-2-1-3-13(15)19-26-7-8-27-19/h1-6,9,19H,7-8,10-11H2,(H,20,22)(H,21,23). The van der Waals surface area contributed by atoms with Crippen LogP contribution in [0.15, 0.2) is 42.5 Å². The summed E-state index contributed by atoms with van der Waals surface area (Å²) in [6.07, 6.45) is 0. The van der Waals surface area contributed by atoms with Crippen LogP contribution in [0.5, 0.6) is 11.5 Å². The number of anilines is 2. The molecule has 6 nitrogen and oxygen atoms in total. The lowest BCUT2D eigenvalue weighted by Gasteiger charge is -2.19. The molecule has 2 heterocycles. The highest BCUT2D eigenvalue weighted by Crippen LogP contribution is 2.48. The average Bonchev–Trinajstić information content (AvgIpc) is 3.21. The molecule has 2 aromatic rings. The summed E-state index contributed by atoms with van der Waals surface area (Å²) >= 11 is 3.79. The molecule has 2 aliphatic rings. The van der Waals surface area contributed by atoms with Gasteiger partial charge in [-0.25, -0.2) is 0 Å². The quantitative estimate of drug-likeness (QED) is 0.797. The number of carbonyl (C=O) groups is 2. The second-order valence-corrected chi connectivity index (χ2v) is 8.72. The molecule has 0 spiro atoms. The molecule has 1 fully saturated rings.